The standard InChI is InChI=1S/C21H35N5O2/c1-5-6-7-8-9-12-26-17(15-25-13-10-16(2)11-14-25)22-19-18(26)20(27)24(4)21(28)23(19)3/h16H,5-15H2,1-4H3. The minimum Gasteiger partial charge on any atom is -0.321 e. The van der Waals surface area contributed by atoms with Crippen LogP contribution in [0.2, 0.25) is 0 Å². The highest BCUT2D eigenvalue weighted by atomic mass is 16.2. The quantitative estimate of drug-likeness (QED) is 0.651. The number of piperidine rings is 1. The second-order valence-electron chi connectivity index (χ2n) is 8.43. The second-order valence-corrected chi connectivity index (χ2v) is 8.43. The number of nitrogens with zero attached hydrogens (tertiary/aromatic N) is 5. The first-order valence-electron chi connectivity index (χ1n) is 10.8. The highest BCUT2D eigenvalue weighted by Crippen LogP contribution is 2.20. The first kappa shape index (κ1) is 20.8. The van der Waals surface area contributed by atoms with E-state index >= 15 is 0 Å². The molecule has 0 aromatic carbocycles. The minimum atomic E-state index is -0.316. The van der Waals surface area contributed by atoms with Crippen molar-refractivity contribution in [1.82, 2.24) is 23.6 Å². The van der Waals surface area contributed by atoms with E-state index in [1.54, 1.807) is 14.1 Å². The molecule has 156 valence electrons. The van der Waals surface area contributed by atoms with Crippen LogP contribution in [-0.4, -0.2) is 36.7 Å². The van der Waals surface area contributed by atoms with Gasteiger partial charge in [0.15, 0.2) is 11.2 Å². The number of imidazole rings is 1. The van der Waals surface area contributed by atoms with E-state index in [4.69, 9.17) is 4.98 Å². The van der Waals surface area contributed by atoms with Gasteiger partial charge in [0.1, 0.15) is 5.82 Å². The molecule has 0 bridgehead atoms. The number of fused-ring (bicyclic) bond motifs is 1. The molecule has 1 aliphatic heterocycles. The fourth-order valence-electron chi connectivity index (χ4n) is 4.15. The Bertz CT molecular complexity index is 915. The van der Waals surface area contributed by atoms with Crippen molar-refractivity contribution in [2.45, 2.75) is 71.9 Å². The van der Waals surface area contributed by atoms with E-state index in [0.29, 0.717) is 11.2 Å². The molecule has 1 aliphatic rings. The second kappa shape index (κ2) is 9.07. The lowest BCUT2D eigenvalue weighted by Crippen LogP contribution is -2.37. The van der Waals surface area contributed by atoms with Gasteiger partial charge in [0.05, 0.1) is 6.54 Å². The zero-order valence-corrected chi connectivity index (χ0v) is 17.9. The van der Waals surface area contributed by atoms with Crippen LogP contribution in [0.3, 0.4) is 0 Å². The summed E-state index contributed by atoms with van der Waals surface area (Å²) in [5, 5.41) is 0. The summed E-state index contributed by atoms with van der Waals surface area (Å²) >= 11 is 0. The summed E-state index contributed by atoms with van der Waals surface area (Å²) in [6, 6.07) is 0. The number of aromatic nitrogens is 4. The summed E-state index contributed by atoms with van der Waals surface area (Å²) < 4.78 is 4.79. The molecular weight excluding hydrogens is 354 g/mol. The van der Waals surface area contributed by atoms with Crippen molar-refractivity contribution >= 4 is 11.2 Å². The highest BCUT2D eigenvalue weighted by Gasteiger charge is 2.22. The van der Waals surface area contributed by atoms with Gasteiger partial charge < -0.3 is 4.57 Å². The summed E-state index contributed by atoms with van der Waals surface area (Å²) in [6.07, 6.45) is 8.28. The SMILES string of the molecule is CCCCCCCn1c(CN2CCC(C)CC2)nc2c1c(=O)n(C)c(=O)n2C. The van der Waals surface area contributed by atoms with Crippen LogP contribution in [0.15, 0.2) is 9.59 Å². The van der Waals surface area contributed by atoms with Gasteiger partial charge in [0.2, 0.25) is 0 Å². The maximum Gasteiger partial charge on any atom is 0.332 e. The van der Waals surface area contributed by atoms with Gasteiger partial charge in [-0.15, -0.1) is 0 Å². The summed E-state index contributed by atoms with van der Waals surface area (Å²) in [7, 11) is 3.25. The third kappa shape index (κ3) is 4.24. The monoisotopic (exact) mass is 389 g/mol. The van der Waals surface area contributed by atoms with Crippen molar-refractivity contribution < 1.29 is 0 Å². The van der Waals surface area contributed by atoms with Gasteiger partial charge in [-0.25, -0.2) is 9.78 Å². The molecule has 3 heterocycles. The summed E-state index contributed by atoms with van der Waals surface area (Å²) in [5.74, 6) is 1.69. The Morgan fingerprint density at radius 1 is 1.00 bits per heavy atom. The third-order valence-electron chi connectivity index (χ3n) is 6.15. The van der Waals surface area contributed by atoms with Crippen LogP contribution in [0.5, 0.6) is 0 Å². The van der Waals surface area contributed by atoms with E-state index in [0.717, 1.165) is 50.8 Å². The van der Waals surface area contributed by atoms with Crippen LogP contribution in [0.4, 0.5) is 0 Å². The Labute approximate surface area is 167 Å². The topological polar surface area (TPSA) is 65.1 Å². The molecule has 0 unspecified atom stereocenters. The van der Waals surface area contributed by atoms with Crippen molar-refractivity contribution in [3.05, 3.63) is 26.7 Å². The molecule has 2 aromatic heterocycles. The minimum absolute atomic E-state index is 0.238. The van der Waals surface area contributed by atoms with E-state index < -0.39 is 0 Å². The molecule has 1 fully saturated rings. The Morgan fingerprint density at radius 3 is 2.36 bits per heavy atom. The molecule has 0 N–H and O–H groups in total. The third-order valence-corrected chi connectivity index (χ3v) is 6.15. The smallest absolute Gasteiger partial charge is 0.321 e. The lowest BCUT2D eigenvalue weighted by Gasteiger charge is -2.29. The Kier molecular flexibility index (Phi) is 6.75. The van der Waals surface area contributed by atoms with E-state index in [2.05, 4.69) is 23.3 Å². The summed E-state index contributed by atoms with van der Waals surface area (Å²) in [5.41, 5.74) is 0.531. The maximum atomic E-state index is 12.9. The van der Waals surface area contributed by atoms with Crippen LogP contribution < -0.4 is 11.2 Å². The lowest BCUT2D eigenvalue weighted by atomic mass is 9.99. The molecule has 0 saturated carbocycles. The highest BCUT2D eigenvalue weighted by molar-refractivity contribution is 5.71. The molecular formula is C21H35N5O2. The number of aryl methyl sites for hydroxylation is 2. The molecule has 0 radical (unpaired) electrons. The van der Waals surface area contributed by atoms with Crippen molar-refractivity contribution in [1.29, 1.82) is 0 Å². The predicted molar refractivity (Wildman–Crippen MR) is 113 cm³/mol. The lowest BCUT2D eigenvalue weighted by molar-refractivity contribution is 0.179. The van der Waals surface area contributed by atoms with Crippen LogP contribution in [-0.2, 0) is 27.2 Å². The zero-order valence-electron chi connectivity index (χ0n) is 17.9. The van der Waals surface area contributed by atoms with Gasteiger partial charge in [0, 0.05) is 20.6 Å². The molecule has 0 aliphatic carbocycles. The molecule has 7 heteroatoms. The van der Waals surface area contributed by atoms with E-state index in [1.807, 2.05) is 0 Å². The van der Waals surface area contributed by atoms with Gasteiger partial charge in [-0.2, -0.15) is 0 Å². The van der Waals surface area contributed by atoms with Crippen molar-refractivity contribution in [2.24, 2.45) is 20.0 Å². The molecule has 0 atom stereocenters. The molecule has 7 nitrogen and oxygen atoms in total. The molecule has 0 amide bonds. The van der Waals surface area contributed by atoms with Crippen LogP contribution in [0, 0.1) is 5.92 Å². The Hall–Kier alpha value is -1.89. The van der Waals surface area contributed by atoms with Gasteiger partial charge in [0.25, 0.3) is 5.56 Å². The average Bonchev–Trinajstić information content (AvgIpc) is 3.04. The van der Waals surface area contributed by atoms with E-state index in [-0.39, 0.29) is 11.2 Å². The molecule has 3 rings (SSSR count). The zero-order chi connectivity index (χ0) is 20.3. The largest absolute Gasteiger partial charge is 0.332 e. The van der Waals surface area contributed by atoms with Crippen LogP contribution in [0.1, 0.15) is 64.6 Å². The number of likely N-dealkylation sites (tertiary alicyclic amines) is 1. The van der Waals surface area contributed by atoms with E-state index in [1.165, 1.54) is 41.2 Å². The molecule has 28 heavy (non-hydrogen) atoms. The Balaban J connectivity index is 1.94. The molecule has 1 saturated heterocycles. The normalized spacial score (nSPS) is 16.3. The first-order chi connectivity index (χ1) is 13.4. The van der Waals surface area contributed by atoms with Gasteiger partial charge >= 0.3 is 5.69 Å². The molecule has 2 aromatic rings. The fraction of sp³-hybridized carbons (Fsp3) is 0.762. The van der Waals surface area contributed by atoms with Crippen molar-refractivity contribution in [2.75, 3.05) is 13.1 Å². The average molecular weight is 390 g/mol. The number of unbranched alkanes of at least 4 members (excludes halogenated alkanes) is 4. The molecule has 0 spiro atoms. The van der Waals surface area contributed by atoms with Gasteiger partial charge in [-0.05, 0) is 38.3 Å². The van der Waals surface area contributed by atoms with E-state index in [9.17, 15) is 9.59 Å². The predicted octanol–water partition coefficient (Wildman–Crippen LogP) is 2.64. The van der Waals surface area contributed by atoms with Crippen LogP contribution in [0.25, 0.3) is 11.2 Å². The first-order valence-corrected chi connectivity index (χ1v) is 10.8. The summed E-state index contributed by atoms with van der Waals surface area (Å²) in [6.45, 7) is 8.18. The van der Waals surface area contributed by atoms with Crippen LogP contribution >= 0.6 is 0 Å². The number of hydrogen-bond acceptors (Lipinski definition) is 4. The number of hydrogen-bond donors (Lipinski definition) is 0. The fourth-order valence-corrected chi connectivity index (χ4v) is 4.15. The Morgan fingerprint density at radius 2 is 1.68 bits per heavy atom. The van der Waals surface area contributed by atoms with Crippen molar-refractivity contribution in [3.8, 4) is 0 Å². The van der Waals surface area contributed by atoms with Gasteiger partial charge in [-0.1, -0.05) is 39.5 Å². The van der Waals surface area contributed by atoms with Crippen molar-refractivity contribution in [3.63, 3.8) is 0 Å². The maximum absolute atomic E-state index is 12.9. The van der Waals surface area contributed by atoms with Gasteiger partial charge in [-0.3, -0.25) is 18.8 Å². The summed E-state index contributed by atoms with van der Waals surface area (Å²) in [4.78, 5) is 32.4. The number of rotatable bonds is 8.